The molecule has 108 valence electrons. The van der Waals surface area contributed by atoms with Crippen molar-refractivity contribution in [3.8, 4) is 0 Å². The molecule has 1 aliphatic rings. The molecule has 2 aromatic rings. The second-order valence-electron chi connectivity index (χ2n) is 5.28. The van der Waals surface area contributed by atoms with Crippen molar-refractivity contribution in [1.29, 1.82) is 0 Å². The summed E-state index contributed by atoms with van der Waals surface area (Å²) in [7, 11) is 0. The molecule has 1 unspecified atom stereocenters. The van der Waals surface area contributed by atoms with Crippen LogP contribution in [0.2, 0.25) is 0 Å². The minimum absolute atomic E-state index is 0.0776. The molecule has 1 N–H and O–H groups in total. The van der Waals surface area contributed by atoms with Crippen LogP contribution < -0.4 is 5.48 Å². The van der Waals surface area contributed by atoms with Gasteiger partial charge in [-0.15, -0.1) is 0 Å². The van der Waals surface area contributed by atoms with Crippen molar-refractivity contribution < 1.29 is 9.23 Å². The molecule has 0 amide bonds. The van der Waals surface area contributed by atoms with Crippen LogP contribution in [-0.2, 0) is 17.7 Å². The topological polar surface area (TPSA) is 21.3 Å². The molecule has 0 aliphatic carbocycles. The van der Waals surface area contributed by atoms with Crippen molar-refractivity contribution in [3.63, 3.8) is 0 Å². The molecule has 1 atom stereocenters. The van der Waals surface area contributed by atoms with Crippen LogP contribution in [0, 0.1) is 5.82 Å². The third-order valence-corrected chi connectivity index (χ3v) is 3.57. The summed E-state index contributed by atoms with van der Waals surface area (Å²) in [6, 6.07) is 17.0. The minimum Gasteiger partial charge on any atom is -0.270 e. The molecule has 1 aliphatic heterocycles. The lowest BCUT2D eigenvalue weighted by molar-refractivity contribution is 0.0376. The number of hydroxylamine groups is 1. The van der Waals surface area contributed by atoms with Gasteiger partial charge in [-0.1, -0.05) is 42.5 Å². The van der Waals surface area contributed by atoms with E-state index < -0.39 is 0 Å². The lowest BCUT2D eigenvalue weighted by Crippen LogP contribution is -2.13. The lowest BCUT2D eigenvalue weighted by atomic mass is 10.1. The van der Waals surface area contributed by atoms with Gasteiger partial charge in [-0.25, -0.2) is 4.39 Å². The summed E-state index contributed by atoms with van der Waals surface area (Å²) >= 11 is 0. The van der Waals surface area contributed by atoms with Crippen molar-refractivity contribution in [2.75, 3.05) is 0 Å². The smallest absolute Gasteiger partial charge is 0.123 e. The van der Waals surface area contributed by atoms with Crippen molar-refractivity contribution in [1.82, 2.24) is 5.48 Å². The molecule has 3 heteroatoms. The largest absolute Gasteiger partial charge is 0.270 e. The molecule has 0 spiro atoms. The molecule has 21 heavy (non-hydrogen) atoms. The summed E-state index contributed by atoms with van der Waals surface area (Å²) in [6.07, 6.45) is 4.75. The third kappa shape index (κ3) is 3.92. The Balaban J connectivity index is 1.55. The zero-order chi connectivity index (χ0) is 14.5. The number of nitrogens with one attached hydrogen (secondary N) is 1. The zero-order valence-electron chi connectivity index (χ0n) is 11.8. The maximum absolute atomic E-state index is 13.2. The highest BCUT2D eigenvalue weighted by molar-refractivity contribution is 5.23. The van der Waals surface area contributed by atoms with Gasteiger partial charge in [-0.05, 0) is 42.2 Å². The van der Waals surface area contributed by atoms with Gasteiger partial charge in [0.15, 0.2) is 0 Å². The Morgan fingerprint density at radius 1 is 1.00 bits per heavy atom. The van der Waals surface area contributed by atoms with Crippen LogP contribution in [0.25, 0.3) is 0 Å². The molecule has 1 heterocycles. The van der Waals surface area contributed by atoms with Gasteiger partial charge in [0.25, 0.3) is 0 Å². The monoisotopic (exact) mass is 283 g/mol. The van der Waals surface area contributed by atoms with E-state index in [-0.39, 0.29) is 11.9 Å². The molecular formula is C18H18FNO. The molecule has 0 saturated carbocycles. The van der Waals surface area contributed by atoms with Crippen LogP contribution in [0.5, 0.6) is 0 Å². The van der Waals surface area contributed by atoms with Gasteiger partial charge >= 0.3 is 0 Å². The minimum atomic E-state index is -0.201. The van der Waals surface area contributed by atoms with E-state index >= 15 is 0 Å². The number of rotatable bonds is 5. The number of benzene rings is 2. The SMILES string of the molecule is Fc1cccc(CC2=CC(CCc3ccccc3)ON2)c1. The Morgan fingerprint density at radius 3 is 2.62 bits per heavy atom. The van der Waals surface area contributed by atoms with Gasteiger partial charge in [0.2, 0.25) is 0 Å². The summed E-state index contributed by atoms with van der Waals surface area (Å²) in [5.74, 6) is -0.201. The fourth-order valence-corrected chi connectivity index (χ4v) is 2.50. The molecule has 2 aromatic carbocycles. The predicted octanol–water partition coefficient (Wildman–Crippen LogP) is 3.79. The highest BCUT2D eigenvalue weighted by Gasteiger charge is 2.16. The van der Waals surface area contributed by atoms with Gasteiger partial charge in [-0.2, -0.15) is 0 Å². The molecule has 0 bridgehead atoms. The summed E-state index contributed by atoms with van der Waals surface area (Å²) < 4.78 is 13.2. The second-order valence-corrected chi connectivity index (χ2v) is 5.28. The van der Waals surface area contributed by atoms with E-state index in [1.165, 1.54) is 11.6 Å². The first kappa shape index (κ1) is 13.8. The number of aryl methyl sites for hydroxylation is 1. The molecule has 3 rings (SSSR count). The fourth-order valence-electron chi connectivity index (χ4n) is 2.50. The maximum atomic E-state index is 13.2. The summed E-state index contributed by atoms with van der Waals surface area (Å²) in [4.78, 5) is 5.55. The number of halogens is 1. The molecule has 2 nitrogen and oxygen atoms in total. The van der Waals surface area contributed by atoms with E-state index in [2.05, 4.69) is 23.7 Å². The summed E-state index contributed by atoms with van der Waals surface area (Å²) in [6.45, 7) is 0. The van der Waals surface area contributed by atoms with E-state index in [1.807, 2.05) is 24.3 Å². The maximum Gasteiger partial charge on any atom is 0.123 e. The fraction of sp³-hybridized carbons (Fsp3) is 0.222. The van der Waals surface area contributed by atoms with Gasteiger partial charge in [0.1, 0.15) is 11.9 Å². The van der Waals surface area contributed by atoms with Crippen LogP contribution >= 0.6 is 0 Å². The van der Waals surface area contributed by atoms with Crippen molar-refractivity contribution in [2.24, 2.45) is 0 Å². The van der Waals surface area contributed by atoms with E-state index in [0.29, 0.717) is 6.42 Å². The van der Waals surface area contributed by atoms with Crippen molar-refractivity contribution in [2.45, 2.75) is 25.4 Å². The average Bonchev–Trinajstić information content (AvgIpc) is 2.94. The number of allylic oxidation sites excluding steroid dienone is 1. The number of hydrogen-bond acceptors (Lipinski definition) is 2. The van der Waals surface area contributed by atoms with Gasteiger partial charge in [0.05, 0.1) is 0 Å². The van der Waals surface area contributed by atoms with Crippen molar-refractivity contribution >= 4 is 0 Å². The molecule has 0 saturated heterocycles. The Bertz CT molecular complexity index is 624. The number of hydrogen-bond donors (Lipinski definition) is 1. The van der Waals surface area contributed by atoms with Crippen LogP contribution in [0.1, 0.15) is 17.5 Å². The Morgan fingerprint density at radius 2 is 1.81 bits per heavy atom. The zero-order valence-corrected chi connectivity index (χ0v) is 11.8. The van der Waals surface area contributed by atoms with E-state index in [1.54, 1.807) is 12.1 Å². The highest BCUT2D eigenvalue weighted by Crippen LogP contribution is 2.17. The van der Waals surface area contributed by atoms with Crippen LogP contribution in [0.3, 0.4) is 0 Å². The van der Waals surface area contributed by atoms with Crippen LogP contribution in [-0.4, -0.2) is 6.10 Å². The van der Waals surface area contributed by atoms with Gasteiger partial charge in [-0.3, -0.25) is 10.3 Å². The second kappa shape index (κ2) is 6.55. The summed E-state index contributed by atoms with van der Waals surface area (Å²) in [5, 5.41) is 0. The quantitative estimate of drug-likeness (QED) is 0.901. The van der Waals surface area contributed by atoms with Crippen LogP contribution in [0.4, 0.5) is 4.39 Å². The van der Waals surface area contributed by atoms with Crippen LogP contribution in [0.15, 0.2) is 66.4 Å². The molecule has 0 aromatic heterocycles. The first-order valence-electron chi connectivity index (χ1n) is 7.20. The lowest BCUT2D eigenvalue weighted by Gasteiger charge is -2.07. The summed E-state index contributed by atoms with van der Waals surface area (Å²) in [5.41, 5.74) is 6.21. The van der Waals surface area contributed by atoms with E-state index in [4.69, 9.17) is 4.84 Å². The van der Waals surface area contributed by atoms with Gasteiger partial charge in [0, 0.05) is 12.1 Å². The first-order valence-corrected chi connectivity index (χ1v) is 7.20. The molecule has 0 radical (unpaired) electrons. The molecule has 0 fully saturated rings. The van der Waals surface area contributed by atoms with E-state index in [9.17, 15) is 4.39 Å². The highest BCUT2D eigenvalue weighted by atomic mass is 19.1. The first-order chi connectivity index (χ1) is 10.3. The van der Waals surface area contributed by atoms with E-state index in [0.717, 1.165) is 24.1 Å². The Hall–Kier alpha value is -2.13. The predicted molar refractivity (Wildman–Crippen MR) is 81.0 cm³/mol. The average molecular weight is 283 g/mol. The normalized spacial score (nSPS) is 17.4. The Kier molecular flexibility index (Phi) is 4.31. The Labute approximate surface area is 124 Å². The van der Waals surface area contributed by atoms with Gasteiger partial charge < -0.3 is 0 Å². The third-order valence-electron chi connectivity index (χ3n) is 3.57. The van der Waals surface area contributed by atoms with Crippen molar-refractivity contribution in [3.05, 3.63) is 83.3 Å². The molecular weight excluding hydrogens is 265 g/mol. The standard InChI is InChI=1S/C18H18FNO/c19-16-8-4-7-15(11-16)12-17-13-18(21-20-17)10-9-14-5-2-1-3-6-14/h1-8,11,13,18,20H,9-10,12H2.